The zero-order valence-corrected chi connectivity index (χ0v) is 8.29. The lowest BCUT2D eigenvalue weighted by atomic mass is 10.1. The molecule has 0 aliphatic heterocycles. The molecule has 0 fully saturated rings. The first-order valence-electron chi connectivity index (χ1n) is 3.78. The van der Waals surface area contributed by atoms with E-state index in [2.05, 4.69) is 6.58 Å². The summed E-state index contributed by atoms with van der Waals surface area (Å²) >= 11 is 0. The molecule has 0 aromatic heterocycles. The molecule has 0 amide bonds. The molecule has 0 atom stereocenters. The molecular weight excluding hydrogens is 204 g/mol. The highest BCUT2D eigenvalue weighted by molar-refractivity contribution is 5.85. The molecule has 1 aromatic rings. The average Bonchev–Trinajstić information content (AvgIpc) is 2.17. The number of hydrogen-bond acceptors (Lipinski definition) is 3. The van der Waals surface area contributed by atoms with Gasteiger partial charge in [0.1, 0.15) is 0 Å². The third-order valence-corrected chi connectivity index (χ3v) is 1.73. The SMILES string of the molecule is C=C(CN)c1ccc([N+](=O)[O-])cc1.Cl. The molecule has 0 saturated carbocycles. The van der Waals surface area contributed by atoms with Crippen LogP contribution in [0.1, 0.15) is 5.56 Å². The fraction of sp³-hybridized carbons (Fsp3) is 0.111. The second kappa shape index (κ2) is 5.36. The van der Waals surface area contributed by atoms with Gasteiger partial charge in [0.25, 0.3) is 5.69 Å². The van der Waals surface area contributed by atoms with E-state index in [-0.39, 0.29) is 18.1 Å². The van der Waals surface area contributed by atoms with Crippen molar-refractivity contribution < 1.29 is 4.92 Å². The first-order valence-corrected chi connectivity index (χ1v) is 3.78. The molecule has 1 aromatic carbocycles. The summed E-state index contributed by atoms with van der Waals surface area (Å²) in [4.78, 5) is 9.87. The van der Waals surface area contributed by atoms with Crippen LogP contribution in [0.2, 0.25) is 0 Å². The molecule has 0 saturated heterocycles. The van der Waals surface area contributed by atoms with Gasteiger partial charge in [-0.1, -0.05) is 6.58 Å². The molecule has 0 unspecified atom stereocenters. The van der Waals surface area contributed by atoms with Crippen LogP contribution < -0.4 is 5.73 Å². The number of halogens is 1. The van der Waals surface area contributed by atoms with Gasteiger partial charge in [-0.3, -0.25) is 10.1 Å². The van der Waals surface area contributed by atoms with Crippen LogP contribution in [0.4, 0.5) is 5.69 Å². The van der Waals surface area contributed by atoms with Crippen LogP contribution in [0, 0.1) is 10.1 Å². The van der Waals surface area contributed by atoms with Crippen LogP contribution in [0.25, 0.3) is 5.57 Å². The Morgan fingerprint density at radius 1 is 1.43 bits per heavy atom. The Labute approximate surface area is 88.0 Å². The van der Waals surface area contributed by atoms with Crippen LogP contribution in [0.5, 0.6) is 0 Å². The van der Waals surface area contributed by atoms with E-state index < -0.39 is 4.92 Å². The van der Waals surface area contributed by atoms with E-state index in [0.29, 0.717) is 6.54 Å². The Kier molecular flexibility index (Phi) is 4.83. The van der Waals surface area contributed by atoms with Crippen molar-refractivity contribution in [2.45, 2.75) is 0 Å². The molecule has 76 valence electrons. The van der Waals surface area contributed by atoms with E-state index >= 15 is 0 Å². The fourth-order valence-corrected chi connectivity index (χ4v) is 0.937. The van der Waals surface area contributed by atoms with E-state index in [1.54, 1.807) is 12.1 Å². The van der Waals surface area contributed by atoms with Crippen LogP contribution >= 0.6 is 12.4 Å². The quantitative estimate of drug-likeness (QED) is 0.618. The molecule has 0 heterocycles. The number of nitrogens with zero attached hydrogens (tertiary/aromatic N) is 1. The van der Waals surface area contributed by atoms with Crippen LogP contribution in [-0.4, -0.2) is 11.5 Å². The van der Waals surface area contributed by atoms with E-state index in [1.165, 1.54) is 12.1 Å². The Morgan fingerprint density at radius 2 is 1.93 bits per heavy atom. The van der Waals surface area contributed by atoms with Gasteiger partial charge < -0.3 is 5.73 Å². The number of benzene rings is 1. The lowest BCUT2D eigenvalue weighted by Crippen LogP contribution is -2.00. The fourth-order valence-electron chi connectivity index (χ4n) is 0.937. The second-order valence-electron chi connectivity index (χ2n) is 2.61. The lowest BCUT2D eigenvalue weighted by molar-refractivity contribution is -0.384. The number of rotatable bonds is 3. The van der Waals surface area contributed by atoms with E-state index in [4.69, 9.17) is 5.73 Å². The number of nitrogens with two attached hydrogens (primary N) is 1. The van der Waals surface area contributed by atoms with Gasteiger partial charge >= 0.3 is 0 Å². The summed E-state index contributed by atoms with van der Waals surface area (Å²) in [5.74, 6) is 0. The summed E-state index contributed by atoms with van der Waals surface area (Å²) < 4.78 is 0. The zero-order chi connectivity index (χ0) is 9.84. The van der Waals surface area contributed by atoms with Gasteiger partial charge in [0.05, 0.1) is 4.92 Å². The molecule has 5 heteroatoms. The third kappa shape index (κ3) is 2.83. The van der Waals surface area contributed by atoms with Crippen molar-refractivity contribution in [2.75, 3.05) is 6.54 Å². The Morgan fingerprint density at radius 3 is 2.29 bits per heavy atom. The predicted octanol–water partition coefficient (Wildman–Crippen LogP) is 1.99. The van der Waals surface area contributed by atoms with Gasteiger partial charge in [-0.15, -0.1) is 12.4 Å². The van der Waals surface area contributed by atoms with Gasteiger partial charge in [-0.2, -0.15) is 0 Å². The summed E-state index contributed by atoms with van der Waals surface area (Å²) in [6, 6.07) is 6.17. The number of non-ortho nitro benzene ring substituents is 1. The summed E-state index contributed by atoms with van der Waals surface area (Å²) in [5, 5.41) is 10.3. The molecule has 0 aliphatic carbocycles. The normalized spacial score (nSPS) is 8.93. The largest absolute Gasteiger partial charge is 0.326 e. The van der Waals surface area contributed by atoms with Crippen molar-refractivity contribution >= 4 is 23.7 Å². The first kappa shape index (κ1) is 12.6. The Balaban J connectivity index is 0.00000169. The highest BCUT2D eigenvalue weighted by atomic mass is 35.5. The Bertz CT molecular complexity index is 335. The minimum atomic E-state index is -0.436. The monoisotopic (exact) mass is 214 g/mol. The standard InChI is InChI=1S/C9H10N2O2.ClH/c1-7(6-10)8-2-4-9(5-3-8)11(12)13;/h2-5H,1,6,10H2;1H. The summed E-state index contributed by atoms with van der Waals surface area (Å²) in [7, 11) is 0. The second-order valence-corrected chi connectivity index (χ2v) is 2.61. The molecule has 2 N–H and O–H groups in total. The minimum absolute atomic E-state index is 0. The molecule has 1 rings (SSSR count). The zero-order valence-electron chi connectivity index (χ0n) is 7.47. The summed E-state index contributed by atoms with van der Waals surface area (Å²) in [5.41, 5.74) is 7.06. The maximum atomic E-state index is 10.3. The molecular formula is C9H11ClN2O2. The van der Waals surface area contributed by atoms with Crippen LogP contribution in [-0.2, 0) is 0 Å². The third-order valence-electron chi connectivity index (χ3n) is 1.73. The van der Waals surface area contributed by atoms with Crippen molar-refractivity contribution in [3.8, 4) is 0 Å². The molecule has 0 aliphatic rings. The van der Waals surface area contributed by atoms with Crippen molar-refractivity contribution in [3.05, 3.63) is 46.5 Å². The maximum Gasteiger partial charge on any atom is 0.269 e. The maximum absolute atomic E-state index is 10.3. The molecule has 0 spiro atoms. The summed E-state index contributed by atoms with van der Waals surface area (Å²) in [6.45, 7) is 4.08. The van der Waals surface area contributed by atoms with Gasteiger partial charge in [-0.05, 0) is 23.3 Å². The van der Waals surface area contributed by atoms with Crippen molar-refractivity contribution in [3.63, 3.8) is 0 Å². The molecule has 4 nitrogen and oxygen atoms in total. The Hall–Kier alpha value is -1.39. The minimum Gasteiger partial charge on any atom is -0.326 e. The average molecular weight is 215 g/mol. The van der Waals surface area contributed by atoms with Gasteiger partial charge in [0, 0.05) is 18.7 Å². The van der Waals surface area contributed by atoms with E-state index in [1.807, 2.05) is 0 Å². The first-order chi connectivity index (χ1) is 6.15. The lowest BCUT2D eigenvalue weighted by Gasteiger charge is -2.00. The topological polar surface area (TPSA) is 69.2 Å². The number of hydrogen-bond donors (Lipinski definition) is 1. The van der Waals surface area contributed by atoms with E-state index in [9.17, 15) is 10.1 Å². The predicted molar refractivity (Wildman–Crippen MR) is 58.4 cm³/mol. The van der Waals surface area contributed by atoms with Crippen molar-refractivity contribution in [1.82, 2.24) is 0 Å². The summed E-state index contributed by atoms with van der Waals surface area (Å²) in [6.07, 6.45) is 0. The van der Waals surface area contributed by atoms with E-state index in [0.717, 1.165) is 11.1 Å². The van der Waals surface area contributed by atoms with Crippen LogP contribution in [0.3, 0.4) is 0 Å². The highest BCUT2D eigenvalue weighted by Gasteiger charge is 2.04. The van der Waals surface area contributed by atoms with Crippen molar-refractivity contribution in [2.24, 2.45) is 5.73 Å². The number of nitro groups is 1. The van der Waals surface area contributed by atoms with Crippen molar-refractivity contribution in [1.29, 1.82) is 0 Å². The molecule has 0 bridgehead atoms. The highest BCUT2D eigenvalue weighted by Crippen LogP contribution is 2.16. The van der Waals surface area contributed by atoms with Crippen LogP contribution in [0.15, 0.2) is 30.8 Å². The number of nitro benzene ring substituents is 1. The van der Waals surface area contributed by atoms with Gasteiger partial charge in [-0.25, -0.2) is 0 Å². The van der Waals surface area contributed by atoms with Gasteiger partial charge in [0.2, 0.25) is 0 Å². The smallest absolute Gasteiger partial charge is 0.269 e. The molecule has 0 radical (unpaired) electrons. The molecule has 14 heavy (non-hydrogen) atoms. The van der Waals surface area contributed by atoms with Gasteiger partial charge in [0.15, 0.2) is 0 Å².